The van der Waals surface area contributed by atoms with Crippen molar-refractivity contribution in [1.29, 1.82) is 0 Å². The summed E-state index contributed by atoms with van der Waals surface area (Å²) in [7, 11) is 1.67. The summed E-state index contributed by atoms with van der Waals surface area (Å²) in [5.74, 6) is 0.866. The molecule has 0 saturated carbocycles. The zero-order valence-electron chi connectivity index (χ0n) is 8.58. The van der Waals surface area contributed by atoms with Gasteiger partial charge in [-0.25, -0.2) is 0 Å². The number of aromatic amines is 1. The van der Waals surface area contributed by atoms with Crippen molar-refractivity contribution >= 4 is 10.9 Å². The fourth-order valence-electron chi connectivity index (χ4n) is 2.35. The Morgan fingerprint density at radius 1 is 1.47 bits per heavy atom. The highest BCUT2D eigenvalue weighted by molar-refractivity contribution is 5.86. The molecular weight excluding hydrogens is 190 g/mol. The van der Waals surface area contributed by atoms with E-state index >= 15 is 0 Å². The zero-order chi connectivity index (χ0) is 10.4. The molecule has 1 aromatic heterocycles. The predicted molar refractivity (Wildman–Crippen MR) is 58.1 cm³/mol. The van der Waals surface area contributed by atoms with E-state index < -0.39 is 0 Å². The van der Waals surface area contributed by atoms with Gasteiger partial charge in [0.25, 0.3) is 0 Å². The van der Waals surface area contributed by atoms with Gasteiger partial charge in [-0.2, -0.15) is 0 Å². The Hall–Kier alpha value is -1.48. The van der Waals surface area contributed by atoms with E-state index in [9.17, 15) is 5.11 Å². The van der Waals surface area contributed by atoms with Gasteiger partial charge >= 0.3 is 0 Å². The van der Waals surface area contributed by atoms with Crippen LogP contribution in [0.25, 0.3) is 10.9 Å². The third kappa shape index (κ3) is 1.16. The summed E-state index contributed by atoms with van der Waals surface area (Å²) in [5.41, 5.74) is 3.31. The van der Waals surface area contributed by atoms with Gasteiger partial charge in [0.1, 0.15) is 5.75 Å². The number of aliphatic hydroxyl groups is 1. The number of H-pyrrole nitrogens is 1. The number of aromatic nitrogens is 1. The third-order valence-electron chi connectivity index (χ3n) is 3.15. The predicted octanol–water partition coefficient (Wildman–Crippen LogP) is 2.16. The maximum absolute atomic E-state index is 9.75. The van der Waals surface area contributed by atoms with E-state index in [1.807, 2.05) is 18.2 Å². The minimum atomic E-state index is -0.321. The molecule has 15 heavy (non-hydrogen) atoms. The lowest BCUT2D eigenvalue weighted by Crippen LogP contribution is -1.90. The molecule has 0 spiro atoms. The average Bonchev–Trinajstić information content (AvgIpc) is 2.78. The monoisotopic (exact) mass is 203 g/mol. The number of hydrogen-bond acceptors (Lipinski definition) is 2. The lowest BCUT2D eigenvalue weighted by Gasteiger charge is -2.00. The topological polar surface area (TPSA) is 45.2 Å². The van der Waals surface area contributed by atoms with Crippen molar-refractivity contribution in [3.8, 4) is 5.75 Å². The van der Waals surface area contributed by atoms with E-state index in [0.717, 1.165) is 29.8 Å². The fraction of sp³-hybridized carbons (Fsp3) is 0.333. The highest BCUT2D eigenvalue weighted by Crippen LogP contribution is 2.37. The molecule has 0 aliphatic heterocycles. The molecule has 0 fully saturated rings. The smallest absolute Gasteiger partial charge is 0.119 e. The number of benzene rings is 1. The Balaban J connectivity index is 2.27. The molecule has 0 amide bonds. The highest BCUT2D eigenvalue weighted by atomic mass is 16.5. The van der Waals surface area contributed by atoms with Gasteiger partial charge in [0.2, 0.25) is 0 Å². The van der Waals surface area contributed by atoms with Crippen molar-refractivity contribution in [2.45, 2.75) is 18.9 Å². The van der Waals surface area contributed by atoms with Crippen molar-refractivity contribution in [2.24, 2.45) is 0 Å². The first kappa shape index (κ1) is 8.80. The van der Waals surface area contributed by atoms with Crippen LogP contribution in [0, 0.1) is 0 Å². The quantitative estimate of drug-likeness (QED) is 0.746. The van der Waals surface area contributed by atoms with E-state index in [1.54, 1.807) is 7.11 Å². The Morgan fingerprint density at radius 2 is 2.33 bits per heavy atom. The van der Waals surface area contributed by atoms with Gasteiger partial charge in [-0.1, -0.05) is 0 Å². The van der Waals surface area contributed by atoms with Gasteiger partial charge in [-0.15, -0.1) is 0 Å². The van der Waals surface area contributed by atoms with Crippen LogP contribution in [-0.2, 0) is 6.42 Å². The first-order valence-corrected chi connectivity index (χ1v) is 5.16. The third-order valence-corrected chi connectivity index (χ3v) is 3.15. The fourth-order valence-corrected chi connectivity index (χ4v) is 2.35. The van der Waals surface area contributed by atoms with Gasteiger partial charge in [0, 0.05) is 16.6 Å². The molecule has 2 N–H and O–H groups in total. The Kier molecular flexibility index (Phi) is 1.76. The van der Waals surface area contributed by atoms with Crippen LogP contribution in [0.4, 0.5) is 0 Å². The summed E-state index contributed by atoms with van der Waals surface area (Å²) in [5, 5.41) is 10.9. The van der Waals surface area contributed by atoms with Crippen LogP contribution in [0.3, 0.4) is 0 Å². The van der Waals surface area contributed by atoms with Gasteiger partial charge in [-0.3, -0.25) is 0 Å². The number of ether oxygens (including phenoxy) is 1. The van der Waals surface area contributed by atoms with Crippen LogP contribution in [0.15, 0.2) is 18.2 Å². The summed E-state index contributed by atoms with van der Waals surface area (Å²) < 4.78 is 5.20. The number of methoxy groups -OCH3 is 1. The average molecular weight is 203 g/mol. The first-order valence-electron chi connectivity index (χ1n) is 5.16. The molecule has 1 aliphatic carbocycles. The molecule has 1 aromatic carbocycles. The minimum absolute atomic E-state index is 0.321. The molecule has 0 radical (unpaired) electrons. The van der Waals surface area contributed by atoms with Crippen molar-refractivity contribution < 1.29 is 9.84 Å². The molecule has 0 bridgehead atoms. The Bertz CT molecular complexity index is 516. The standard InChI is InChI=1S/C12H13NO2/c1-15-7-2-4-10-9(6-7)8-3-5-11(14)12(8)13-10/h2,4,6,11,13-14H,3,5H2,1H3. The molecule has 3 nitrogen and oxygen atoms in total. The Morgan fingerprint density at radius 3 is 3.13 bits per heavy atom. The van der Waals surface area contributed by atoms with Crippen molar-refractivity contribution in [1.82, 2.24) is 4.98 Å². The molecule has 1 aliphatic rings. The molecule has 3 rings (SSSR count). The van der Waals surface area contributed by atoms with Crippen LogP contribution >= 0.6 is 0 Å². The molecule has 1 heterocycles. The molecule has 1 atom stereocenters. The van der Waals surface area contributed by atoms with Gasteiger partial charge in [-0.05, 0) is 36.6 Å². The minimum Gasteiger partial charge on any atom is -0.497 e. The summed E-state index contributed by atoms with van der Waals surface area (Å²) in [6.45, 7) is 0. The highest BCUT2D eigenvalue weighted by Gasteiger charge is 2.24. The number of aliphatic hydroxyl groups excluding tert-OH is 1. The number of rotatable bonds is 1. The molecule has 2 aromatic rings. The number of nitrogens with one attached hydrogen (secondary N) is 1. The summed E-state index contributed by atoms with van der Waals surface area (Å²) in [6.07, 6.45) is 1.45. The summed E-state index contributed by atoms with van der Waals surface area (Å²) in [6, 6.07) is 5.96. The molecule has 0 saturated heterocycles. The second-order valence-corrected chi connectivity index (χ2v) is 3.98. The van der Waals surface area contributed by atoms with Crippen LogP contribution in [0.5, 0.6) is 5.75 Å². The number of fused-ring (bicyclic) bond motifs is 3. The van der Waals surface area contributed by atoms with Crippen LogP contribution < -0.4 is 4.74 Å². The van der Waals surface area contributed by atoms with Gasteiger partial charge < -0.3 is 14.8 Å². The van der Waals surface area contributed by atoms with Gasteiger partial charge in [0.05, 0.1) is 13.2 Å². The summed E-state index contributed by atoms with van der Waals surface area (Å²) in [4.78, 5) is 3.27. The van der Waals surface area contributed by atoms with E-state index in [1.165, 1.54) is 10.9 Å². The zero-order valence-corrected chi connectivity index (χ0v) is 8.58. The maximum Gasteiger partial charge on any atom is 0.119 e. The Labute approximate surface area is 87.7 Å². The lowest BCUT2D eigenvalue weighted by atomic mass is 10.1. The van der Waals surface area contributed by atoms with E-state index in [4.69, 9.17) is 4.74 Å². The van der Waals surface area contributed by atoms with E-state index in [-0.39, 0.29) is 6.10 Å². The van der Waals surface area contributed by atoms with E-state index in [0.29, 0.717) is 0 Å². The van der Waals surface area contributed by atoms with Crippen molar-refractivity contribution in [3.05, 3.63) is 29.5 Å². The van der Waals surface area contributed by atoms with Crippen LogP contribution in [-0.4, -0.2) is 17.2 Å². The number of hydrogen-bond donors (Lipinski definition) is 2. The van der Waals surface area contributed by atoms with Crippen molar-refractivity contribution in [2.75, 3.05) is 7.11 Å². The van der Waals surface area contributed by atoms with Crippen LogP contribution in [0.2, 0.25) is 0 Å². The van der Waals surface area contributed by atoms with Crippen LogP contribution in [0.1, 0.15) is 23.8 Å². The SMILES string of the molecule is COc1ccc2[nH]c3c(c2c1)CCC3O. The first-order chi connectivity index (χ1) is 7.29. The summed E-state index contributed by atoms with van der Waals surface area (Å²) >= 11 is 0. The molecular formula is C12H13NO2. The lowest BCUT2D eigenvalue weighted by molar-refractivity contribution is 0.176. The van der Waals surface area contributed by atoms with Crippen molar-refractivity contribution in [3.63, 3.8) is 0 Å². The van der Waals surface area contributed by atoms with Gasteiger partial charge in [0.15, 0.2) is 0 Å². The molecule has 1 unspecified atom stereocenters. The second-order valence-electron chi connectivity index (χ2n) is 3.98. The largest absolute Gasteiger partial charge is 0.497 e. The number of aryl methyl sites for hydroxylation is 1. The second kappa shape index (κ2) is 3.00. The normalized spacial score (nSPS) is 19.5. The van der Waals surface area contributed by atoms with E-state index in [2.05, 4.69) is 4.98 Å². The molecule has 78 valence electrons. The maximum atomic E-state index is 9.75. The molecule has 3 heteroatoms.